The van der Waals surface area contributed by atoms with Gasteiger partial charge < -0.3 is 19.9 Å². The van der Waals surface area contributed by atoms with Crippen LogP contribution < -0.4 is 20.9 Å². The highest BCUT2D eigenvalue weighted by Crippen LogP contribution is 2.32. The number of aryl methyl sites for hydroxylation is 1. The Morgan fingerprint density at radius 1 is 1.45 bits per heavy atom. The molecule has 0 spiro atoms. The molecule has 1 aromatic heterocycles. The molecule has 6 heteroatoms. The lowest BCUT2D eigenvalue weighted by Gasteiger charge is -2.14. The summed E-state index contributed by atoms with van der Waals surface area (Å²) in [5.41, 5.74) is 2.02. The number of pyridine rings is 1. The molecule has 3 rings (SSSR count). The third-order valence-corrected chi connectivity index (χ3v) is 3.45. The zero-order chi connectivity index (χ0) is 14.1. The standard InChI is InChI=1S/C14H15N3O3/c1-17-11-4-3-9(16-8-18)7-10(11)12-13(14(17)19)20-6-2-5-15-12/h3-4,7-8,15H,2,5-6H2,1H3,(H,16,18). The summed E-state index contributed by atoms with van der Waals surface area (Å²) in [7, 11) is 1.71. The van der Waals surface area contributed by atoms with Crippen molar-refractivity contribution >= 4 is 28.7 Å². The number of hydrogen-bond donors (Lipinski definition) is 2. The predicted octanol–water partition coefficient (Wildman–Crippen LogP) is 1.30. The normalized spacial score (nSPS) is 13.8. The van der Waals surface area contributed by atoms with Gasteiger partial charge in [0.05, 0.1) is 17.8 Å². The summed E-state index contributed by atoms with van der Waals surface area (Å²) in [5.74, 6) is 0.348. The summed E-state index contributed by atoms with van der Waals surface area (Å²) in [6.45, 7) is 1.27. The lowest BCUT2D eigenvalue weighted by atomic mass is 10.1. The molecule has 2 N–H and O–H groups in total. The van der Waals surface area contributed by atoms with Crippen molar-refractivity contribution in [3.05, 3.63) is 28.6 Å². The van der Waals surface area contributed by atoms with Gasteiger partial charge in [-0.25, -0.2) is 0 Å². The van der Waals surface area contributed by atoms with E-state index in [4.69, 9.17) is 4.74 Å². The monoisotopic (exact) mass is 273 g/mol. The van der Waals surface area contributed by atoms with Gasteiger partial charge in [-0.3, -0.25) is 9.59 Å². The number of rotatable bonds is 2. The van der Waals surface area contributed by atoms with Crippen LogP contribution in [0.25, 0.3) is 10.9 Å². The lowest BCUT2D eigenvalue weighted by Crippen LogP contribution is -2.20. The molecule has 0 fully saturated rings. The molecule has 0 aliphatic carbocycles. The van der Waals surface area contributed by atoms with Crippen LogP contribution in [0.4, 0.5) is 11.4 Å². The molecule has 6 nitrogen and oxygen atoms in total. The van der Waals surface area contributed by atoms with Crippen molar-refractivity contribution < 1.29 is 9.53 Å². The minimum absolute atomic E-state index is 0.155. The van der Waals surface area contributed by atoms with Gasteiger partial charge in [0.25, 0.3) is 5.56 Å². The van der Waals surface area contributed by atoms with Crippen molar-refractivity contribution in [3.63, 3.8) is 0 Å². The van der Waals surface area contributed by atoms with Crippen LogP contribution in [0.15, 0.2) is 23.0 Å². The molecule has 1 aromatic carbocycles. The van der Waals surface area contributed by atoms with Crippen molar-refractivity contribution in [3.8, 4) is 5.75 Å². The summed E-state index contributed by atoms with van der Waals surface area (Å²) < 4.78 is 7.14. The van der Waals surface area contributed by atoms with Crippen molar-refractivity contribution in [2.24, 2.45) is 7.05 Å². The minimum atomic E-state index is -0.155. The van der Waals surface area contributed by atoms with Crippen molar-refractivity contribution in [1.29, 1.82) is 0 Å². The predicted molar refractivity (Wildman–Crippen MR) is 77.5 cm³/mol. The third kappa shape index (κ3) is 1.89. The van der Waals surface area contributed by atoms with Gasteiger partial charge in [0.15, 0.2) is 0 Å². The van der Waals surface area contributed by atoms with Gasteiger partial charge in [-0.05, 0) is 24.6 Å². The molecule has 1 amide bonds. The Morgan fingerprint density at radius 3 is 3.10 bits per heavy atom. The van der Waals surface area contributed by atoms with Gasteiger partial charge in [-0.2, -0.15) is 0 Å². The summed E-state index contributed by atoms with van der Waals surface area (Å²) in [6, 6.07) is 5.42. The van der Waals surface area contributed by atoms with Crippen molar-refractivity contribution in [2.75, 3.05) is 23.8 Å². The van der Waals surface area contributed by atoms with E-state index in [2.05, 4.69) is 10.6 Å². The maximum atomic E-state index is 12.3. The fourth-order valence-corrected chi connectivity index (χ4v) is 2.45. The maximum Gasteiger partial charge on any atom is 0.295 e. The number of hydrogen-bond acceptors (Lipinski definition) is 4. The molecule has 0 atom stereocenters. The Bertz CT molecular complexity index is 737. The minimum Gasteiger partial charge on any atom is -0.486 e. The SMILES string of the molecule is Cn1c(=O)c2c(c3cc(NC=O)ccc31)NCCCO2. The number of ether oxygens (including phenoxy) is 1. The molecular weight excluding hydrogens is 258 g/mol. The first-order chi connectivity index (χ1) is 9.72. The number of benzene rings is 1. The van der Waals surface area contributed by atoms with E-state index in [1.165, 1.54) is 0 Å². The van der Waals surface area contributed by atoms with E-state index in [-0.39, 0.29) is 5.56 Å². The van der Waals surface area contributed by atoms with E-state index in [0.29, 0.717) is 30.1 Å². The van der Waals surface area contributed by atoms with Crippen LogP contribution in [0, 0.1) is 0 Å². The molecule has 0 unspecified atom stereocenters. The van der Waals surface area contributed by atoms with Crippen LogP contribution in [-0.2, 0) is 11.8 Å². The van der Waals surface area contributed by atoms with Crippen LogP contribution in [0.2, 0.25) is 0 Å². The molecule has 2 aromatic rings. The van der Waals surface area contributed by atoms with Crippen LogP contribution in [0.3, 0.4) is 0 Å². The number of carbonyl (C=O) groups excluding carboxylic acids is 1. The summed E-state index contributed by atoms with van der Waals surface area (Å²) in [5, 5.41) is 6.73. The smallest absolute Gasteiger partial charge is 0.295 e. The third-order valence-electron chi connectivity index (χ3n) is 3.45. The Kier molecular flexibility index (Phi) is 3.06. The zero-order valence-electron chi connectivity index (χ0n) is 11.1. The van der Waals surface area contributed by atoms with Gasteiger partial charge in [-0.15, -0.1) is 0 Å². The molecule has 0 bridgehead atoms. The van der Waals surface area contributed by atoms with Crippen molar-refractivity contribution in [1.82, 2.24) is 4.57 Å². The van der Waals surface area contributed by atoms with E-state index >= 15 is 0 Å². The average Bonchev–Trinajstić information content (AvgIpc) is 2.71. The van der Waals surface area contributed by atoms with Gasteiger partial charge in [0, 0.05) is 24.7 Å². The van der Waals surface area contributed by atoms with E-state index in [9.17, 15) is 9.59 Å². The molecule has 104 valence electrons. The molecule has 0 saturated carbocycles. The first-order valence-corrected chi connectivity index (χ1v) is 6.46. The first-order valence-electron chi connectivity index (χ1n) is 6.46. The molecule has 0 saturated heterocycles. The number of aromatic nitrogens is 1. The first kappa shape index (κ1) is 12.5. The summed E-state index contributed by atoms with van der Waals surface area (Å²) >= 11 is 0. The Hall–Kier alpha value is -2.50. The number of amides is 1. The quantitative estimate of drug-likeness (QED) is 0.809. The number of nitrogens with zero attached hydrogens (tertiary/aromatic N) is 1. The fraction of sp³-hybridized carbons (Fsp3) is 0.286. The molecule has 1 aliphatic heterocycles. The van der Waals surface area contributed by atoms with E-state index < -0.39 is 0 Å². The second kappa shape index (κ2) is 4.88. The summed E-state index contributed by atoms with van der Waals surface area (Å²) in [4.78, 5) is 22.9. The highest BCUT2D eigenvalue weighted by molar-refractivity contribution is 5.97. The second-order valence-corrected chi connectivity index (χ2v) is 4.69. The van der Waals surface area contributed by atoms with Crippen molar-refractivity contribution in [2.45, 2.75) is 6.42 Å². The molecule has 1 aliphatic rings. The average molecular weight is 273 g/mol. The van der Waals surface area contributed by atoms with Crippen LogP contribution in [0.5, 0.6) is 5.75 Å². The second-order valence-electron chi connectivity index (χ2n) is 4.69. The highest BCUT2D eigenvalue weighted by Gasteiger charge is 2.18. The number of fused-ring (bicyclic) bond motifs is 3. The van der Waals surface area contributed by atoms with Gasteiger partial charge >= 0.3 is 0 Å². The fourth-order valence-electron chi connectivity index (χ4n) is 2.45. The number of nitrogens with one attached hydrogen (secondary N) is 2. The van der Waals surface area contributed by atoms with Gasteiger partial charge in [0.1, 0.15) is 0 Å². The zero-order valence-corrected chi connectivity index (χ0v) is 11.1. The van der Waals surface area contributed by atoms with Crippen LogP contribution in [-0.4, -0.2) is 24.1 Å². The molecule has 2 heterocycles. The van der Waals surface area contributed by atoms with Crippen LogP contribution >= 0.6 is 0 Å². The number of anilines is 2. The maximum absolute atomic E-state index is 12.3. The highest BCUT2D eigenvalue weighted by atomic mass is 16.5. The Morgan fingerprint density at radius 2 is 2.30 bits per heavy atom. The lowest BCUT2D eigenvalue weighted by molar-refractivity contribution is -0.105. The Labute approximate surface area is 115 Å². The van der Waals surface area contributed by atoms with Gasteiger partial charge in [0.2, 0.25) is 12.2 Å². The largest absolute Gasteiger partial charge is 0.486 e. The Balaban J connectivity index is 2.34. The number of carbonyl (C=O) groups is 1. The summed E-state index contributed by atoms with van der Waals surface area (Å²) in [6.07, 6.45) is 1.47. The van der Waals surface area contributed by atoms with E-state index in [1.807, 2.05) is 12.1 Å². The molecule has 20 heavy (non-hydrogen) atoms. The van der Waals surface area contributed by atoms with E-state index in [0.717, 1.165) is 23.9 Å². The van der Waals surface area contributed by atoms with Gasteiger partial charge in [-0.1, -0.05) is 0 Å². The topological polar surface area (TPSA) is 72.4 Å². The van der Waals surface area contributed by atoms with Crippen LogP contribution in [0.1, 0.15) is 6.42 Å². The van der Waals surface area contributed by atoms with E-state index in [1.54, 1.807) is 17.7 Å². The molecular formula is C14H15N3O3. The molecule has 0 radical (unpaired) electrons.